The molecule has 2 heteroatoms. The van der Waals surface area contributed by atoms with E-state index in [1.54, 1.807) is 11.8 Å². The molecule has 3 aromatic carbocycles. The van der Waals surface area contributed by atoms with Crippen LogP contribution in [0, 0.1) is 6.92 Å². The number of aryl methyl sites for hydroxylation is 1. The first-order valence-electron chi connectivity index (χ1n) is 9.43. The average molecular weight is 382 g/mol. The summed E-state index contributed by atoms with van der Waals surface area (Å²) in [5.41, 5.74) is 6.25. The topological polar surface area (TPSA) is 3.24 Å². The van der Waals surface area contributed by atoms with Gasteiger partial charge in [-0.2, -0.15) is 0 Å². The summed E-state index contributed by atoms with van der Waals surface area (Å²) in [5, 5.41) is 0. The van der Waals surface area contributed by atoms with Gasteiger partial charge < -0.3 is 4.90 Å². The molecule has 138 valence electrons. The first kappa shape index (κ1) is 18.4. The first-order valence-corrected chi connectivity index (χ1v) is 10.2. The van der Waals surface area contributed by atoms with E-state index in [0.717, 1.165) is 11.4 Å². The van der Waals surface area contributed by atoms with Crippen molar-refractivity contribution in [3.05, 3.63) is 125 Å². The molecule has 0 fully saturated rings. The zero-order valence-electron chi connectivity index (χ0n) is 16.0. The van der Waals surface area contributed by atoms with Gasteiger partial charge >= 0.3 is 0 Å². The lowest BCUT2D eigenvalue weighted by atomic mass is 9.99. The molecule has 0 aromatic heterocycles. The Morgan fingerprint density at radius 3 is 2.46 bits per heavy atom. The maximum atomic E-state index is 4.28. The van der Waals surface area contributed by atoms with E-state index in [1.165, 1.54) is 32.8 Å². The molecule has 0 spiro atoms. The van der Waals surface area contributed by atoms with Gasteiger partial charge in [0.2, 0.25) is 0 Å². The molecule has 4 rings (SSSR count). The maximum Gasteiger partial charge on any atom is 0.0488 e. The molecule has 0 aliphatic carbocycles. The lowest BCUT2D eigenvalue weighted by Crippen LogP contribution is -2.19. The van der Waals surface area contributed by atoms with Crippen molar-refractivity contribution in [1.29, 1.82) is 0 Å². The summed E-state index contributed by atoms with van der Waals surface area (Å²) in [6.45, 7) is 7.28. The number of nitrogens with zero attached hydrogens (tertiary/aromatic N) is 1. The van der Waals surface area contributed by atoms with Gasteiger partial charge in [0.05, 0.1) is 0 Å². The number of benzene rings is 3. The van der Waals surface area contributed by atoms with Crippen LogP contribution in [0.2, 0.25) is 0 Å². The van der Waals surface area contributed by atoms with Crippen molar-refractivity contribution in [1.82, 2.24) is 0 Å². The molecule has 3 aromatic rings. The molecule has 0 N–H and O–H groups in total. The molecular weight excluding hydrogens is 358 g/mol. The zero-order chi connectivity index (χ0) is 19.3. The van der Waals surface area contributed by atoms with Crippen LogP contribution in [0.1, 0.15) is 16.7 Å². The summed E-state index contributed by atoms with van der Waals surface area (Å²) >= 11 is 1.72. The van der Waals surface area contributed by atoms with Gasteiger partial charge in [-0.1, -0.05) is 85.1 Å². The van der Waals surface area contributed by atoms with Crippen molar-refractivity contribution in [2.24, 2.45) is 0 Å². The Kier molecular flexibility index (Phi) is 5.50. The summed E-state index contributed by atoms with van der Waals surface area (Å²) in [4.78, 5) is 4.60. The normalized spacial score (nSPS) is 14.2. The minimum absolute atomic E-state index is 0.862. The Morgan fingerprint density at radius 2 is 1.64 bits per heavy atom. The fourth-order valence-electron chi connectivity index (χ4n) is 3.37. The third kappa shape index (κ3) is 4.13. The van der Waals surface area contributed by atoms with Gasteiger partial charge in [0.1, 0.15) is 0 Å². The molecule has 1 nitrogen and oxygen atoms in total. The van der Waals surface area contributed by atoms with Crippen LogP contribution in [0.25, 0.3) is 5.57 Å². The zero-order valence-corrected chi connectivity index (χ0v) is 16.8. The van der Waals surface area contributed by atoms with Crippen LogP contribution < -0.4 is 4.90 Å². The summed E-state index contributed by atoms with van der Waals surface area (Å²) in [6, 6.07) is 27.6. The van der Waals surface area contributed by atoms with Crippen molar-refractivity contribution < 1.29 is 0 Å². The second-order valence-electron chi connectivity index (χ2n) is 6.88. The van der Waals surface area contributed by atoms with Gasteiger partial charge in [-0.15, -0.1) is 0 Å². The molecule has 0 amide bonds. The molecule has 1 aliphatic heterocycles. The molecule has 0 atom stereocenters. The molecule has 0 radical (unpaired) electrons. The highest BCUT2D eigenvalue weighted by atomic mass is 32.2. The highest BCUT2D eigenvalue weighted by Crippen LogP contribution is 2.37. The smallest absolute Gasteiger partial charge is 0.0488 e. The Bertz CT molecular complexity index is 1050. The Morgan fingerprint density at radius 1 is 0.929 bits per heavy atom. The Balaban J connectivity index is 1.59. The molecular formula is C26H23NS. The lowest BCUT2D eigenvalue weighted by molar-refractivity contribution is 0.960. The maximum absolute atomic E-state index is 4.28. The van der Waals surface area contributed by atoms with Crippen molar-refractivity contribution in [3.8, 4) is 0 Å². The van der Waals surface area contributed by atoms with E-state index in [-0.39, 0.29) is 0 Å². The van der Waals surface area contributed by atoms with Crippen LogP contribution in [0.3, 0.4) is 0 Å². The number of hydrogen-bond acceptors (Lipinski definition) is 2. The van der Waals surface area contributed by atoms with Crippen LogP contribution in [-0.2, 0) is 6.54 Å². The number of thioether (sulfide) groups is 1. The van der Waals surface area contributed by atoms with Gasteiger partial charge in [-0.05, 0) is 47.9 Å². The number of anilines is 1. The summed E-state index contributed by atoms with van der Waals surface area (Å²) in [5.74, 6) is 0. The monoisotopic (exact) mass is 381 g/mol. The van der Waals surface area contributed by atoms with Crippen molar-refractivity contribution >= 4 is 23.0 Å². The first-order chi connectivity index (χ1) is 13.7. The van der Waals surface area contributed by atoms with E-state index in [4.69, 9.17) is 0 Å². The molecule has 0 saturated heterocycles. The number of para-hydroxylation sites is 1. The van der Waals surface area contributed by atoms with Gasteiger partial charge in [-0.3, -0.25) is 0 Å². The van der Waals surface area contributed by atoms with E-state index in [0.29, 0.717) is 0 Å². The molecule has 28 heavy (non-hydrogen) atoms. The predicted octanol–water partition coefficient (Wildman–Crippen LogP) is 7.22. The highest BCUT2D eigenvalue weighted by molar-refractivity contribution is 8.03. The van der Waals surface area contributed by atoms with E-state index < -0.39 is 0 Å². The summed E-state index contributed by atoms with van der Waals surface area (Å²) in [6.07, 6.45) is 6.55. The van der Waals surface area contributed by atoms with Crippen LogP contribution in [0.5, 0.6) is 0 Å². The number of allylic oxidation sites excluding steroid dienone is 3. The molecule has 1 aliphatic rings. The van der Waals surface area contributed by atoms with Crippen molar-refractivity contribution in [2.75, 3.05) is 4.90 Å². The number of rotatable bonds is 5. The van der Waals surface area contributed by atoms with Crippen molar-refractivity contribution in [3.63, 3.8) is 0 Å². The minimum atomic E-state index is 0.862. The van der Waals surface area contributed by atoms with Crippen LogP contribution in [0.15, 0.2) is 114 Å². The SMILES string of the molecule is C=C(/C=C1\C=CN(Cc2ccccc2)c2ccccc21)Sc1ccccc1C. The summed E-state index contributed by atoms with van der Waals surface area (Å²) < 4.78 is 0. The quantitative estimate of drug-likeness (QED) is 0.429. The second kappa shape index (κ2) is 8.37. The van der Waals surface area contributed by atoms with Gasteiger partial charge in [0, 0.05) is 33.8 Å². The minimum Gasteiger partial charge on any atom is -0.343 e. The fraction of sp³-hybridized carbons (Fsp3) is 0.0769. The van der Waals surface area contributed by atoms with Gasteiger partial charge in [0.15, 0.2) is 0 Å². The van der Waals surface area contributed by atoms with Gasteiger partial charge in [0.25, 0.3) is 0 Å². The average Bonchev–Trinajstić information content (AvgIpc) is 2.72. The molecule has 0 bridgehead atoms. The third-order valence-corrected chi connectivity index (χ3v) is 5.86. The Hall–Kier alpha value is -2.97. The second-order valence-corrected chi connectivity index (χ2v) is 8.05. The molecule has 0 unspecified atom stereocenters. The predicted molar refractivity (Wildman–Crippen MR) is 122 cm³/mol. The third-order valence-electron chi connectivity index (χ3n) is 4.81. The summed E-state index contributed by atoms with van der Waals surface area (Å²) in [7, 11) is 0. The standard InChI is InChI=1S/C26H23NS/c1-20-10-6-9-15-26(20)28-21(2)18-23-16-17-27(19-22-11-4-3-5-12-22)25-14-8-7-13-24(23)25/h3-18H,2,19H2,1H3/b23-18+. The van der Waals surface area contributed by atoms with Crippen LogP contribution >= 0.6 is 11.8 Å². The van der Waals surface area contributed by atoms with Crippen LogP contribution in [0.4, 0.5) is 5.69 Å². The van der Waals surface area contributed by atoms with E-state index in [1.807, 2.05) is 0 Å². The number of fused-ring (bicyclic) bond motifs is 1. The lowest BCUT2D eigenvalue weighted by Gasteiger charge is -2.28. The fourth-order valence-corrected chi connectivity index (χ4v) is 4.21. The van der Waals surface area contributed by atoms with Gasteiger partial charge in [-0.25, -0.2) is 0 Å². The highest BCUT2D eigenvalue weighted by Gasteiger charge is 2.16. The number of hydrogen-bond donors (Lipinski definition) is 0. The van der Waals surface area contributed by atoms with E-state index in [2.05, 4.69) is 116 Å². The van der Waals surface area contributed by atoms with E-state index in [9.17, 15) is 0 Å². The van der Waals surface area contributed by atoms with E-state index >= 15 is 0 Å². The Labute approximate surface area is 171 Å². The van der Waals surface area contributed by atoms with Crippen LogP contribution in [-0.4, -0.2) is 0 Å². The molecule has 0 saturated carbocycles. The van der Waals surface area contributed by atoms with Crippen molar-refractivity contribution in [2.45, 2.75) is 18.4 Å². The largest absolute Gasteiger partial charge is 0.343 e. The molecule has 1 heterocycles.